The van der Waals surface area contributed by atoms with Gasteiger partial charge in [-0.3, -0.25) is 38.8 Å². The fourth-order valence-electron chi connectivity index (χ4n) is 17.5. The van der Waals surface area contributed by atoms with E-state index in [1.54, 1.807) is 17.3 Å². The summed E-state index contributed by atoms with van der Waals surface area (Å²) in [6.45, 7) is 10.2. The van der Waals surface area contributed by atoms with Gasteiger partial charge in [-0.1, -0.05) is 211 Å². The van der Waals surface area contributed by atoms with Gasteiger partial charge in [0.2, 0.25) is 23.6 Å². The van der Waals surface area contributed by atoms with Gasteiger partial charge in [-0.2, -0.15) is 0 Å². The van der Waals surface area contributed by atoms with Crippen LogP contribution in [0.2, 0.25) is 0 Å². The molecule has 652 valence electrons. The van der Waals surface area contributed by atoms with Crippen molar-refractivity contribution in [1.29, 1.82) is 0 Å². The van der Waals surface area contributed by atoms with E-state index in [2.05, 4.69) is 105 Å². The second kappa shape index (κ2) is 42.8. The van der Waals surface area contributed by atoms with Gasteiger partial charge in [0.1, 0.15) is 23.7 Å². The summed E-state index contributed by atoms with van der Waals surface area (Å²) in [5.74, 6) is 11.8. The van der Waals surface area contributed by atoms with Crippen molar-refractivity contribution in [3.05, 3.63) is 246 Å². The quantitative estimate of drug-likeness (QED) is 0.0249. The highest BCUT2D eigenvalue weighted by atomic mass is 35.5. The molecule has 0 aliphatic carbocycles. The maximum atomic E-state index is 14.0. The number of ether oxygens (including phenoxy) is 4. The van der Waals surface area contributed by atoms with Gasteiger partial charge in [-0.15, -0.1) is 12.4 Å². The van der Waals surface area contributed by atoms with E-state index < -0.39 is 36.1 Å². The molecule has 0 bridgehead atoms. The van der Waals surface area contributed by atoms with E-state index in [9.17, 15) is 38.4 Å². The monoisotopic (exact) mass is 1720 g/mol. The van der Waals surface area contributed by atoms with Gasteiger partial charge in [0.15, 0.2) is 0 Å². The summed E-state index contributed by atoms with van der Waals surface area (Å²) in [5, 5.41) is 5.46. The summed E-state index contributed by atoms with van der Waals surface area (Å²) in [7, 11) is 5.27. The van der Waals surface area contributed by atoms with E-state index in [4.69, 9.17) is 38.9 Å². The Morgan fingerprint density at radius 2 is 0.817 bits per heavy atom. The number of halogens is 1. The molecule has 9 aromatic rings. The number of aliphatic imine (C=N–C) groups is 2. The average molecular weight is 1720 g/mol. The lowest BCUT2D eigenvalue weighted by molar-refractivity contribution is -0.148. The van der Waals surface area contributed by atoms with E-state index in [0.717, 1.165) is 153 Å². The van der Waals surface area contributed by atoms with Gasteiger partial charge in [-0.25, -0.2) is 19.6 Å². The SMILES string of the molecule is C.COC(=O)C[C@H](C(=O)N1CCC[C@H]1c1ncc(-c2ccc(-c3ccc(C4=CN=C([C@@H]5CCCN5C(=O)[C@H](NC(=O)OC)c5ccccc5)C4)cc3)c(-c3ccccc3)c2)[nH]1)C(C)C.COC(=O)C[C@H](C(=O)N1CCC[C@H]1c1ncc(-c2ccc(C#CC#CC3=CN=C([C@@H]4CCCN4C(=O)[C@H](NC(=O)OC)c4ccccc4)C3)c(-c3ccccc3)c2)[nH]1)C(C)C.Cl. The minimum Gasteiger partial charge on any atom is -0.469 e. The Balaban J connectivity index is 0.000000226. The number of alkyl carbamates (subject to hydrolysis) is 2. The van der Waals surface area contributed by atoms with E-state index in [1.165, 1.54) is 28.4 Å². The topological polar surface area (TPSA) is 293 Å². The lowest BCUT2D eigenvalue weighted by Crippen LogP contribution is -2.47. The maximum absolute atomic E-state index is 14.0. The summed E-state index contributed by atoms with van der Waals surface area (Å²) in [4.78, 5) is 138. The third kappa shape index (κ3) is 21.3. The predicted octanol–water partition coefficient (Wildman–Crippen LogP) is 17.7. The number of nitrogens with zero attached hydrogens (tertiary/aromatic N) is 8. The molecule has 0 radical (unpaired) electrons. The normalized spacial score (nSPS) is 17.8. The van der Waals surface area contributed by atoms with Crippen LogP contribution >= 0.6 is 12.4 Å². The van der Waals surface area contributed by atoms with Crippen molar-refractivity contribution in [1.82, 2.24) is 50.2 Å². The summed E-state index contributed by atoms with van der Waals surface area (Å²) >= 11 is 0. The van der Waals surface area contributed by atoms with Crippen LogP contribution in [-0.4, -0.2) is 165 Å². The number of likely N-dealkylation sites (tertiary alicyclic amines) is 4. The molecular formula is C101H109ClN12O12. The lowest BCUT2D eigenvalue weighted by atomic mass is 9.90. The molecule has 4 N–H and O–H groups in total. The van der Waals surface area contributed by atoms with Crippen LogP contribution in [0.1, 0.15) is 170 Å². The minimum atomic E-state index is -0.880. The van der Waals surface area contributed by atoms with Crippen molar-refractivity contribution in [3.63, 3.8) is 0 Å². The van der Waals surface area contributed by atoms with Crippen LogP contribution in [-0.2, 0) is 47.7 Å². The number of hydrogen-bond donors (Lipinski definition) is 4. The fraction of sp³-hybridized carbons (Fsp3) is 0.347. The number of aromatic amines is 2. The van der Waals surface area contributed by atoms with Gasteiger partial charge in [0, 0.05) is 85.1 Å². The molecule has 8 heterocycles. The van der Waals surface area contributed by atoms with Crippen molar-refractivity contribution >= 4 is 77.2 Å². The first kappa shape index (κ1) is 91.7. The molecule has 126 heavy (non-hydrogen) atoms. The van der Waals surface area contributed by atoms with Crippen LogP contribution in [0.25, 0.3) is 61.5 Å². The zero-order chi connectivity index (χ0) is 86.9. The Morgan fingerprint density at radius 3 is 1.28 bits per heavy atom. The third-order valence-corrected chi connectivity index (χ3v) is 24.3. The number of amides is 6. The Bertz CT molecular complexity index is 5670. The number of rotatable bonds is 24. The number of carbonyl (C=O) groups excluding carboxylic acids is 8. The first-order chi connectivity index (χ1) is 60.3. The van der Waals surface area contributed by atoms with Crippen molar-refractivity contribution in [2.75, 3.05) is 54.6 Å². The summed E-state index contributed by atoms with van der Waals surface area (Å²) in [6, 6.07) is 57.3. The zero-order valence-corrected chi connectivity index (χ0v) is 72.4. The highest BCUT2D eigenvalue weighted by molar-refractivity contribution is 6.04. The van der Waals surface area contributed by atoms with E-state index in [1.807, 2.05) is 176 Å². The van der Waals surface area contributed by atoms with Crippen LogP contribution in [0, 0.1) is 47.4 Å². The van der Waals surface area contributed by atoms with Gasteiger partial charge >= 0.3 is 24.1 Å². The number of allylic oxidation sites excluding steroid dienone is 2. The Morgan fingerprint density at radius 1 is 0.429 bits per heavy atom. The average Bonchev–Trinajstić information content (AvgIpc) is 1.53. The number of H-pyrrole nitrogens is 2. The van der Waals surface area contributed by atoms with Crippen LogP contribution in [0.3, 0.4) is 0 Å². The Labute approximate surface area is 743 Å². The second-order valence-corrected chi connectivity index (χ2v) is 32.6. The first-order valence-corrected chi connectivity index (χ1v) is 42.6. The molecule has 0 saturated carbocycles. The molecule has 24 nitrogen and oxygen atoms in total. The van der Waals surface area contributed by atoms with Crippen molar-refractivity contribution < 1.29 is 57.3 Å². The largest absolute Gasteiger partial charge is 0.469 e. The molecule has 6 amide bonds. The second-order valence-electron chi connectivity index (χ2n) is 32.6. The molecule has 4 fully saturated rings. The highest BCUT2D eigenvalue weighted by Gasteiger charge is 2.43. The van der Waals surface area contributed by atoms with E-state index in [0.29, 0.717) is 50.1 Å². The Kier molecular flexibility index (Phi) is 31.1. The van der Waals surface area contributed by atoms with Gasteiger partial charge in [-0.05, 0) is 149 Å². The standard InChI is InChI=1S/C51H54N6O6.C49H50N6O6.CH4.ClH/c1-32(2)40(29-46(58)62-3)49(59)57-26-12-18-45(57)48-53-31-43(54-48)37-23-24-39(41(27-37)34-13-7-5-8-14-34)35-21-19-33(20-22-35)38-28-42(52-30-38)44-17-11-25-56(44)50(60)47(55-51(61)63-4)36-15-9-6-10-16-36;1-32(2)38(29-44(56)60-3)47(57)55-26-14-22-43(55)46-51-31-41(52-46)37-24-23-35(39(28-37)34-16-7-5-8-17-34)18-12-11-15-33-27-40(50-30-33)42-21-13-25-54(42)48(58)45(53-49(59)61-4)36-19-9-6-10-20-36;;/h5-10,13-16,19-24,27,30-32,40,44-45,47H,11-12,17-18,25-26,28-29H2,1-4H3,(H,53,54)(H,55,61);5-10,16-17,19-20,23-24,28,30-32,38,42-43,45H,13-14,21-22,25-27,29H2,1-4H3,(H,51,52)(H,53,59);1H4;1H/t40-,44-,45-,47+;38-,42-,43-,45+;;/m00../s1. The van der Waals surface area contributed by atoms with E-state index in [-0.39, 0.29) is 104 Å². The number of aromatic nitrogens is 4. The molecule has 25 heteroatoms. The van der Waals surface area contributed by atoms with Crippen LogP contribution in [0.5, 0.6) is 0 Å². The van der Waals surface area contributed by atoms with Crippen molar-refractivity contribution in [2.24, 2.45) is 33.7 Å². The third-order valence-electron chi connectivity index (χ3n) is 24.3. The van der Waals surface area contributed by atoms with Gasteiger partial charge in [0.05, 0.1) is 101 Å². The van der Waals surface area contributed by atoms with Crippen LogP contribution < -0.4 is 10.6 Å². The number of nitrogens with one attached hydrogen (secondary N) is 4. The lowest BCUT2D eigenvalue weighted by Gasteiger charge is -2.29. The molecular weight excluding hydrogens is 1610 g/mol. The van der Waals surface area contributed by atoms with Crippen molar-refractivity contribution in [2.45, 2.75) is 148 Å². The number of benzene rings is 7. The molecule has 8 atom stereocenters. The number of carbonyl (C=O) groups is 8. The van der Waals surface area contributed by atoms with Gasteiger partial charge < -0.3 is 59.1 Å². The molecule has 6 aliphatic heterocycles. The summed E-state index contributed by atoms with van der Waals surface area (Å²) in [5.41, 5.74) is 16.8. The van der Waals surface area contributed by atoms with E-state index >= 15 is 0 Å². The fourth-order valence-corrected chi connectivity index (χ4v) is 17.5. The molecule has 15 rings (SSSR count). The maximum Gasteiger partial charge on any atom is 0.407 e. The number of hydrogen-bond acceptors (Lipinski definition) is 16. The summed E-state index contributed by atoms with van der Waals surface area (Å²) in [6.07, 6.45) is 13.8. The first-order valence-electron chi connectivity index (χ1n) is 42.6. The molecule has 6 aliphatic rings. The summed E-state index contributed by atoms with van der Waals surface area (Å²) < 4.78 is 19.5. The molecule has 4 saturated heterocycles. The Hall–Kier alpha value is -13.5. The van der Waals surface area contributed by atoms with Crippen LogP contribution in [0.4, 0.5) is 9.59 Å². The number of esters is 2. The van der Waals surface area contributed by atoms with Gasteiger partial charge in [0.25, 0.3) is 0 Å². The molecule has 0 unspecified atom stereocenters. The molecule has 0 spiro atoms. The number of methoxy groups -OCH3 is 4. The van der Waals surface area contributed by atoms with Crippen molar-refractivity contribution in [3.8, 4) is 79.6 Å². The smallest absolute Gasteiger partial charge is 0.407 e. The van der Waals surface area contributed by atoms with Crippen LogP contribution in [0.15, 0.2) is 222 Å². The predicted molar refractivity (Wildman–Crippen MR) is 489 cm³/mol. The molecule has 7 aromatic carbocycles. The minimum absolute atomic E-state index is 0. The molecule has 2 aromatic heterocycles. The highest BCUT2D eigenvalue weighted by Crippen LogP contribution is 2.42. The zero-order valence-electron chi connectivity index (χ0n) is 71.6. The number of imidazole rings is 2.